The zero-order chi connectivity index (χ0) is 21.9. The van der Waals surface area contributed by atoms with Gasteiger partial charge < -0.3 is 19.7 Å². The number of rotatable bonds is 11. The van der Waals surface area contributed by atoms with Gasteiger partial charge >= 0.3 is 0 Å². The molecule has 0 aliphatic carbocycles. The van der Waals surface area contributed by atoms with Crippen molar-refractivity contribution in [1.82, 2.24) is 10.2 Å². The fourth-order valence-corrected chi connectivity index (χ4v) is 2.89. The van der Waals surface area contributed by atoms with E-state index in [0.29, 0.717) is 23.6 Å². The first-order chi connectivity index (χ1) is 14.5. The number of halogens is 1. The monoisotopic (exact) mass is 416 g/mol. The molecule has 6 nitrogen and oxygen atoms in total. The molecular weight excluding hydrogens is 387 g/mol. The molecule has 1 N–H and O–H groups in total. The number of ether oxygens (including phenoxy) is 2. The van der Waals surface area contributed by atoms with Crippen LogP contribution in [0, 0.1) is 5.82 Å². The Morgan fingerprint density at radius 1 is 1.10 bits per heavy atom. The van der Waals surface area contributed by atoms with Crippen molar-refractivity contribution in [2.75, 3.05) is 20.3 Å². The number of nitrogens with one attached hydrogen (secondary N) is 1. The van der Waals surface area contributed by atoms with Crippen LogP contribution >= 0.6 is 0 Å². The Morgan fingerprint density at radius 3 is 2.43 bits per heavy atom. The van der Waals surface area contributed by atoms with Crippen molar-refractivity contribution < 1.29 is 23.5 Å². The molecule has 0 heterocycles. The predicted molar refractivity (Wildman–Crippen MR) is 113 cm³/mol. The number of para-hydroxylation sites is 2. The summed E-state index contributed by atoms with van der Waals surface area (Å²) in [7, 11) is 1.51. The first kappa shape index (κ1) is 23.2. The largest absolute Gasteiger partial charge is 0.493 e. The van der Waals surface area contributed by atoms with Gasteiger partial charge in [0, 0.05) is 18.7 Å². The number of carbonyl (C=O) groups excluding carboxylic acids is 2. The van der Waals surface area contributed by atoms with E-state index >= 15 is 0 Å². The van der Waals surface area contributed by atoms with Crippen molar-refractivity contribution in [3.63, 3.8) is 0 Å². The highest BCUT2D eigenvalue weighted by Crippen LogP contribution is 2.26. The number of hydrogen-bond donors (Lipinski definition) is 1. The van der Waals surface area contributed by atoms with Gasteiger partial charge in [0.25, 0.3) is 5.91 Å². The standard InChI is InChI=1S/C23H29FN2O4/c1-4-5-14-25-23(28)17(2)26(15-18-10-6-7-11-19(18)24)22(27)16-30-21-13-9-8-12-20(21)29-3/h6-13,17H,4-5,14-16H2,1-3H3,(H,25,28). The summed E-state index contributed by atoms with van der Waals surface area (Å²) >= 11 is 0. The number of carbonyl (C=O) groups is 2. The Balaban J connectivity index is 2.15. The Morgan fingerprint density at radius 2 is 1.77 bits per heavy atom. The van der Waals surface area contributed by atoms with Gasteiger partial charge in [0.1, 0.15) is 11.9 Å². The molecule has 0 aliphatic heterocycles. The van der Waals surface area contributed by atoms with Gasteiger partial charge in [0.05, 0.1) is 7.11 Å². The second-order valence-corrected chi connectivity index (χ2v) is 6.87. The highest BCUT2D eigenvalue weighted by Gasteiger charge is 2.27. The minimum Gasteiger partial charge on any atom is -0.493 e. The molecule has 0 spiro atoms. The van der Waals surface area contributed by atoms with Crippen LogP contribution in [0.5, 0.6) is 11.5 Å². The van der Waals surface area contributed by atoms with Gasteiger partial charge in [0.2, 0.25) is 5.91 Å². The molecule has 0 radical (unpaired) electrons. The number of methoxy groups -OCH3 is 1. The third-order valence-corrected chi connectivity index (χ3v) is 4.72. The zero-order valence-electron chi connectivity index (χ0n) is 17.7. The zero-order valence-corrected chi connectivity index (χ0v) is 17.7. The van der Waals surface area contributed by atoms with Crippen molar-refractivity contribution >= 4 is 11.8 Å². The molecular formula is C23H29FN2O4. The molecule has 2 aromatic carbocycles. The molecule has 7 heteroatoms. The van der Waals surface area contributed by atoms with E-state index in [2.05, 4.69) is 5.32 Å². The van der Waals surface area contributed by atoms with E-state index in [0.717, 1.165) is 12.8 Å². The van der Waals surface area contributed by atoms with E-state index in [9.17, 15) is 14.0 Å². The highest BCUT2D eigenvalue weighted by molar-refractivity contribution is 5.88. The van der Waals surface area contributed by atoms with Crippen LogP contribution in [-0.2, 0) is 16.1 Å². The van der Waals surface area contributed by atoms with E-state index in [-0.39, 0.29) is 19.1 Å². The van der Waals surface area contributed by atoms with E-state index < -0.39 is 17.8 Å². The number of amides is 2. The molecule has 0 saturated heterocycles. The van der Waals surface area contributed by atoms with Crippen LogP contribution < -0.4 is 14.8 Å². The lowest BCUT2D eigenvalue weighted by Crippen LogP contribution is -2.49. The summed E-state index contributed by atoms with van der Waals surface area (Å²) in [5.74, 6) is -0.233. The summed E-state index contributed by atoms with van der Waals surface area (Å²) in [4.78, 5) is 26.8. The van der Waals surface area contributed by atoms with E-state index in [4.69, 9.17) is 9.47 Å². The molecule has 0 bridgehead atoms. The van der Waals surface area contributed by atoms with Crippen LogP contribution in [0.25, 0.3) is 0 Å². The first-order valence-corrected chi connectivity index (χ1v) is 10.0. The summed E-state index contributed by atoms with van der Waals surface area (Å²) in [6, 6.07) is 12.4. The lowest BCUT2D eigenvalue weighted by Gasteiger charge is -2.29. The van der Waals surface area contributed by atoms with Crippen LogP contribution in [0.4, 0.5) is 4.39 Å². The molecule has 162 valence electrons. The maximum Gasteiger partial charge on any atom is 0.261 e. The fourth-order valence-electron chi connectivity index (χ4n) is 2.89. The van der Waals surface area contributed by atoms with Gasteiger partial charge in [-0.15, -0.1) is 0 Å². The van der Waals surface area contributed by atoms with E-state index in [1.807, 2.05) is 6.92 Å². The summed E-state index contributed by atoms with van der Waals surface area (Å²) < 4.78 is 25.0. The number of hydrogen-bond acceptors (Lipinski definition) is 4. The fraction of sp³-hybridized carbons (Fsp3) is 0.391. The van der Waals surface area contributed by atoms with Crippen molar-refractivity contribution in [3.05, 3.63) is 59.9 Å². The molecule has 0 aromatic heterocycles. The number of nitrogens with zero attached hydrogens (tertiary/aromatic N) is 1. The van der Waals surface area contributed by atoms with Crippen LogP contribution in [0.15, 0.2) is 48.5 Å². The van der Waals surface area contributed by atoms with Crippen LogP contribution in [0.2, 0.25) is 0 Å². The molecule has 0 aliphatic rings. The summed E-state index contributed by atoms with van der Waals surface area (Å²) in [5.41, 5.74) is 0.330. The van der Waals surface area contributed by atoms with Gasteiger partial charge in [0.15, 0.2) is 18.1 Å². The van der Waals surface area contributed by atoms with E-state index in [1.165, 1.54) is 18.1 Å². The maximum atomic E-state index is 14.2. The second kappa shape index (κ2) is 11.8. The minimum absolute atomic E-state index is 0.0385. The molecule has 1 unspecified atom stereocenters. The van der Waals surface area contributed by atoms with Gasteiger partial charge in [-0.05, 0) is 31.5 Å². The molecule has 2 amide bonds. The molecule has 2 rings (SSSR count). The lowest BCUT2D eigenvalue weighted by molar-refractivity contribution is -0.142. The molecule has 0 saturated carbocycles. The third-order valence-electron chi connectivity index (χ3n) is 4.72. The minimum atomic E-state index is -0.782. The topological polar surface area (TPSA) is 67.9 Å². The van der Waals surface area contributed by atoms with Crippen molar-refractivity contribution in [2.24, 2.45) is 0 Å². The second-order valence-electron chi connectivity index (χ2n) is 6.87. The normalized spacial score (nSPS) is 11.5. The quantitative estimate of drug-likeness (QED) is 0.569. The Kier molecular flexibility index (Phi) is 9.12. The molecule has 2 aromatic rings. The van der Waals surface area contributed by atoms with Gasteiger partial charge in [-0.1, -0.05) is 43.7 Å². The summed E-state index contributed by atoms with van der Waals surface area (Å²) in [6.07, 6.45) is 1.79. The Hall–Kier alpha value is -3.09. The number of unbranched alkanes of at least 4 members (excludes halogenated alkanes) is 1. The van der Waals surface area contributed by atoms with Crippen molar-refractivity contribution in [2.45, 2.75) is 39.3 Å². The average molecular weight is 416 g/mol. The van der Waals surface area contributed by atoms with Gasteiger partial charge in [-0.2, -0.15) is 0 Å². The average Bonchev–Trinajstić information content (AvgIpc) is 2.76. The molecule has 1 atom stereocenters. The van der Waals surface area contributed by atoms with Crippen molar-refractivity contribution in [3.8, 4) is 11.5 Å². The predicted octanol–water partition coefficient (Wildman–Crippen LogP) is 3.55. The Labute approximate surface area is 177 Å². The maximum absolute atomic E-state index is 14.2. The number of benzene rings is 2. The van der Waals surface area contributed by atoms with Gasteiger partial charge in [-0.25, -0.2) is 4.39 Å². The summed E-state index contributed by atoms with van der Waals surface area (Å²) in [6.45, 7) is 3.84. The van der Waals surface area contributed by atoms with E-state index in [1.54, 1.807) is 49.4 Å². The van der Waals surface area contributed by atoms with Crippen molar-refractivity contribution in [1.29, 1.82) is 0 Å². The van der Waals surface area contributed by atoms with Crippen LogP contribution in [0.1, 0.15) is 32.3 Å². The Bertz CT molecular complexity index is 843. The molecule has 0 fully saturated rings. The third kappa shape index (κ3) is 6.47. The SMILES string of the molecule is CCCCNC(=O)C(C)N(Cc1ccccc1F)C(=O)COc1ccccc1OC. The smallest absolute Gasteiger partial charge is 0.261 e. The van der Waals surface area contributed by atoms with Crippen LogP contribution in [-0.4, -0.2) is 43.0 Å². The van der Waals surface area contributed by atoms with Gasteiger partial charge in [-0.3, -0.25) is 9.59 Å². The first-order valence-electron chi connectivity index (χ1n) is 10.0. The lowest BCUT2D eigenvalue weighted by atomic mass is 10.1. The van der Waals surface area contributed by atoms with Crippen LogP contribution in [0.3, 0.4) is 0 Å². The molecule has 30 heavy (non-hydrogen) atoms. The summed E-state index contributed by atoms with van der Waals surface area (Å²) in [5, 5.41) is 2.82. The highest BCUT2D eigenvalue weighted by atomic mass is 19.1.